The molecule has 4 heteroatoms. The van der Waals surface area contributed by atoms with Crippen molar-refractivity contribution in [2.75, 3.05) is 13.1 Å². The molecule has 0 saturated carbocycles. The van der Waals surface area contributed by atoms with Crippen LogP contribution in [0.3, 0.4) is 0 Å². The molecule has 0 atom stereocenters. The third-order valence-electron chi connectivity index (χ3n) is 4.98. The van der Waals surface area contributed by atoms with Crippen LogP contribution in [0.15, 0.2) is 54.6 Å². The van der Waals surface area contributed by atoms with Crippen LogP contribution in [0.2, 0.25) is 5.02 Å². The maximum absolute atomic E-state index is 6.26. The zero-order valence-electron chi connectivity index (χ0n) is 16.4. The van der Waals surface area contributed by atoms with Crippen LogP contribution < -0.4 is 5.32 Å². The van der Waals surface area contributed by atoms with Gasteiger partial charge in [0.15, 0.2) is 0 Å². The Kier molecular flexibility index (Phi) is 6.70. The lowest BCUT2D eigenvalue weighted by molar-refractivity contribution is 0.450. The van der Waals surface area contributed by atoms with E-state index in [9.17, 15) is 0 Å². The van der Waals surface area contributed by atoms with Crippen molar-refractivity contribution in [1.82, 2.24) is 15.1 Å². The number of piperidine rings is 1. The SMILES string of the molecule is CC.Cc1c(C2CCNCC2)nn(-c2ccccc2)c1-c1cccc(Cl)c1. The molecule has 0 radical (unpaired) electrons. The molecule has 0 bridgehead atoms. The van der Waals surface area contributed by atoms with Crippen molar-refractivity contribution in [3.8, 4) is 16.9 Å². The van der Waals surface area contributed by atoms with Crippen molar-refractivity contribution in [2.24, 2.45) is 0 Å². The Hall–Kier alpha value is -2.10. The number of nitrogens with zero attached hydrogens (tertiary/aromatic N) is 2. The third-order valence-corrected chi connectivity index (χ3v) is 5.22. The summed E-state index contributed by atoms with van der Waals surface area (Å²) in [4.78, 5) is 0. The minimum Gasteiger partial charge on any atom is -0.317 e. The summed E-state index contributed by atoms with van der Waals surface area (Å²) in [5.74, 6) is 0.518. The molecule has 1 aliphatic rings. The minimum atomic E-state index is 0.518. The maximum atomic E-state index is 6.26. The van der Waals surface area contributed by atoms with E-state index in [0.717, 1.165) is 47.9 Å². The summed E-state index contributed by atoms with van der Waals surface area (Å²) < 4.78 is 2.08. The lowest BCUT2D eigenvalue weighted by Crippen LogP contribution is -2.27. The van der Waals surface area contributed by atoms with Gasteiger partial charge >= 0.3 is 0 Å². The lowest BCUT2D eigenvalue weighted by atomic mass is 9.91. The molecule has 4 rings (SSSR count). The highest BCUT2D eigenvalue weighted by atomic mass is 35.5. The standard InChI is InChI=1S/C21H22ClN3.C2H6/c1-15-20(16-10-12-23-13-11-16)24-25(19-8-3-2-4-9-19)21(15)17-6-5-7-18(22)14-17;1-2/h2-9,14,16,23H,10-13H2,1H3;1-2H3. The van der Waals surface area contributed by atoms with Gasteiger partial charge in [-0.05, 0) is 62.7 Å². The van der Waals surface area contributed by atoms with Crippen LogP contribution in [0.25, 0.3) is 16.9 Å². The number of benzene rings is 2. The zero-order valence-corrected chi connectivity index (χ0v) is 17.1. The van der Waals surface area contributed by atoms with Crippen molar-refractivity contribution < 1.29 is 0 Å². The van der Waals surface area contributed by atoms with Crippen LogP contribution in [0.5, 0.6) is 0 Å². The molecule has 0 spiro atoms. The van der Waals surface area contributed by atoms with Gasteiger partial charge in [0.1, 0.15) is 0 Å². The van der Waals surface area contributed by atoms with Crippen LogP contribution >= 0.6 is 11.6 Å². The second-order valence-electron chi connectivity index (χ2n) is 6.64. The lowest BCUT2D eigenvalue weighted by Gasteiger charge is -2.21. The highest BCUT2D eigenvalue weighted by Gasteiger charge is 2.24. The Balaban J connectivity index is 0.00000102. The molecule has 1 N–H and O–H groups in total. The van der Waals surface area contributed by atoms with Gasteiger partial charge in [0, 0.05) is 16.5 Å². The molecule has 0 unspecified atom stereocenters. The average Bonchev–Trinajstić information content (AvgIpc) is 3.08. The second kappa shape index (κ2) is 9.20. The zero-order chi connectivity index (χ0) is 19.2. The molecule has 0 aliphatic carbocycles. The van der Waals surface area contributed by atoms with E-state index in [0.29, 0.717) is 5.92 Å². The number of para-hydroxylation sites is 1. The van der Waals surface area contributed by atoms with Gasteiger partial charge in [-0.3, -0.25) is 0 Å². The van der Waals surface area contributed by atoms with E-state index in [1.165, 1.54) is 11.3 Å². The molecule has 1 fully saturated rings. The van der Waals surface area contributed by atoms with E-state index in [2.05, 4.69) is 47.3 Å². The summed E-state index contributed by atoms with van der Waals surface area (Å²) >= 11 is 6.26. The summed E-state index contributed by atoms with van der Waals surface area (Å²) in [6.45, 7) is 8.32. The smallest absolute Gasteiger partial charge is 0.0773 e. The average molecular weight is 382 g/mol. The van der Waals surface area contributed by atoms with Gasteiger partial charge in [0.2, 0.25) is 0 Å². The van der Waals surface area contributed by atoms with Crippen molar-refractivity contribution in [2.45, 2.75) is 39.5 Å². The fourth-order valence-corrected chi connectivity index (χ4v) is 3.92. The van der Waals surface area contributed by atoms with E-state index in [1.807, 2.05) is 38.1 Å². The molecule has 3 nitrogen and oxygen atoms in total. The van der Waals surface area contributed by atoms with Crippen LogP contribution in [0.1, 0.15) is 43.9 Å². The van der Waals surface area contributed by atoms with Crippen LogP contribution in [-0.2, 0) is 0 Å². The van der Waals surface area contributed by atoms with Gasteiger partial charge in [-0.2, -0.15) is 5.10 Å². The molecule has 27 heavy (non-hydrogen) atoms. The Morgan fingerprint density at radius 2 is 1.70 bits per heavy atom. The number of hydrogen-bond acceptors (Lipinski definition) is 2. The predicted molar refractivity (Wildman–Crippen MR) is 115 cm³/mol. The van der Waals surface area contributed by atoms with Crippen molar-refractivity contribution in [1.29, 1.82) is 0 Å². The fraction of sp³-hybridized carbons (Fsp3) is 0.348. The molecular weight excluding hydrogens is 354 g/mol. The molecule has 2 aromatic carbocycles. The van der Waals surface area contributed by atoms with E-state index in [-0.39, 0.29) is 0 Å². The van der Waals surface area contributed by atoms with Gasteiger partial charge < -0.3 is 5.32 Å². The third kappa shape index (κ3) is 4.26. The number of hydrogen-bond donors (Lipinski definition) is 1. The van der Waals surface area contributed by atoms with E-state index >= 15 is 0 Å². The minimum absolute atomic E-state index is 0.518. The van der Waals surface area contributed by atoms with E-state index < -0.39 is 0 Å². The van der Waals surface area contributed by atoms with Gasteiger partial charge in [0.05, 0.1) is 17.1 Å². The van der Waals surface area contributed by atoms with Gasteiger partial charge in [-0.1, -0.05) is 55.8 Å². The maximum Gasteiger partial charge on any atom is 0.0773 e. The number of rotatable bonds is 3. The first-order valence-electron chi connectivity index (χ1n) is 9.85. The molecule has 3 aromatic rings. The molecule has 2 heterocycles. The van der Waals surface area contributed by atoms with Crippen LogP contribution in [-0.4, -0.2) is 22.9 Å². The largest absolute Gasteiger partial charge is 0.317 e. The summed E-state index contributed by atoms with van der Waals surface area (Å²) in [7, 11) is 0. The molecule has 1 saturated heterocycles. The van der Waals surface area contributed by atoms with Crippen molar-refractivity contribution in [3.63, 3.8) is 0 Å². The first kappa shape index (κ1) is 19.7. The van der Waals surface area contributed by atoms with Crippen molar-refractivity contribution >= 4 is 11.6 Å². The molecule has 1 aromatic heterocycles. The quantitative estimate of drug-likeness (QED) is 0.603. The van der Waals surface area contributed by atoms with Gasteiger partial charge in [-0.25, -0.2) is 4.68 Å². The Labute approximate surface area is 167 Å². The molecule has 142 valence electrons. The molecule has 1 aliphatic heterocycles. The van der Waals surface area contributed by atoms with Crippen LogP contribution in [0.4, 0.5) is 0 Å². The fourth-order valence-electron chi connectivity index (χ4n) is 3.73. The second-order valence-corrected chi connectivity index (χ2v) is 7.08. The van der Waals surface area contributed by atoms with E-state index in [1.54, 1.807) is 0 Å². The topological polar surface area (TPSA) is 29.9 Å². The first-order valence-corrected chi connectivity index (χ1v) is 10.2. The highest BCUT2D eigenvalue weighted by Crippen LogP contribution is 2.35. The van der Waals surface area contributed by atoms with Crippen molar-refractivity contribution in [3.05, 3.63) is 70.9 Å². The van der Waals surface area contributed by atoms with Crippen LogP contribution in [0, 0.1) is 6.92 Å². The monoisotopic (exact) mass is 381 g/mol. The highest BCUT2D eigenvalue weighted by molar-refractivity contribution is 6.30. The first-order chi connectivity index (χ1) is 13.2. The Morgan fingerprint density at radius 3 is 2.37 bits per heavy atom. The number of halogens is 1. The van der Waals surface area contributed by atoms with Gasteiger partial charge in [0.25, 0.3) is 0 Å². The summed E-state index contributed by atoms with van der Waals surface area (Å²) in [5, 5.41) is 9.25. The molecule has 0 amide bonds. The predicted octanol–water partition coefficient (Wildman–Crippen LogP) is 5.99. The summed E-state index contributed by atoms with van der Waals surface area (Å²) in [5.41, 5.74) is 5.82. The summed E-state index contributed by atoms with van der Waals surface area (Å²) in [6.07, 6.45) is 2.28. The Morgan fingerprint density at radius 1 is 1.00 bits per heavy atom. The Bertz CT molecular complexity index is 865. The summed E-state index contributed by atoms with van der Waals surface area (Å²) in [6, 6.07) is 18.4. The normalized spacial score (nSPS) is 14.5. The number of nitrogens with one attached hydrogen (secondary N) is 1. The number of aromatic nitrogens is 2. The molecular formula is C23H28ClN3. The van der Waals surface area contributed by atoms with Gasteiger partial charge in [-0.15, -0.1) is 0 Å². The van der Waals surface area contributed by atoms with E-state index in [4.69, 9.17) is 16.7 Å².